The van der Waals surface area contributed by atoms with Gasteiger partial charge in [-0.25, -0.2) is 4.99 Å². The molecule has 0 fully saturated rings. The molecular weight excluding hydrogens is 318 g/mol. The van der Waals surface area contributed by atoms with Gasteiger partial charge in [0, 0.05) is 11.4 Å². The van der Waals surface area contributed by atoms with Crippen LogP contribution in [0.25, 0.3) is 0 Å². The molecule has 0 aromatic heterocycles. The summed E-state index contributed by atoms with van der Waals surface area (Å²) in [5.74, 6) is 0.731. The maximum Gasteiger partial charge on any atom is 0.200 e. The number of benzene rings is 3. The first-order chi connectivity index (χ1) is 12.6. The number of anilines is 2. The Morgan fingerprint density at radius 1 is 0.692 bits per heavy atom. The fraction of sp³-hybridized carbons (Fsp3) is 0.174. The molecular formula is C23H25N3. The summed E-state index contributed by atoms with van der Waals surface area (Å²) >= 11 is 0. The van der Waals surface area contributed by atoms with Gasteiger partial charge >= 0.3 is 0 Å². The topological polar surface area (TPSA) is 36.4 Å². The first kappa shape index (κ1) is 17.7. The van der Waals surface area contributed by atoms with Crippen molar-refractivity contribution in [2.45, 2.75) is 26.8 Å². The summed E-state index contributed by atoms with van der Waals surface area (Å²) in [6, 6.07) is 27.0. The lowest BCUT2D eigenvalue weighted by Crippen LogP contribution is -2.23. The molecule has 0 amide bonds. The van der Waals surface area contributed by atoms with Crippen molar-refractivity contribution in [3.8, 4) is 0 Å². The van der Waals surface area contributed by atoms with E-state index >= 15 is 0 Å². The molecule has 0 saturated carbocycles. The van der Waals surface area contributed by atoms with E-state index in [0.29, 0.717) is 0 Å². The highest BCUT2D eigenvalue weighted by molar-refractivity contribution is 6.03. The van der Waals surface area contributed by atoms with Crippen LogP contribution in [0.4, 0.5) is 11.4 Å². The Morgan fingerprint density at radius 3 is 1.62 bits per heavy atom. The van der Waals surface area contributed by atoms with Gasteiger partial charge in [0.05, 0.1) is 6.04 Å². The molecule has 1 atom stereocenters. The lowest BCUT2D eigenvalue weighted by Gasteiger charge is -2.16. The molecule has 3 heteroatoms. The Hall–Kier alpha value is -3.07. The van der Waals surface area contributed by atoms with Crippen LogP contribution in [0.2, 0.25) is 0 Å². The number of nitrogens with one attached hydrogen (secondary N) is 2. The van der Waals surface area contributed by atoms with E-state index in [9.17, 15) is 0 Å². The van der Waals surface area contributed by atoms with Gasteiger partial charge in [0.1, 0.15) is 0 Å². The van der Waals surface area contributed by atoms with Crippen LogP contribution < -0.4 is 10.6 Å². The molecule has 0 aliphatic heterocycles. The predicted octanol–water partition coefficient (Wildman–Crippen LogP) is 5.94. The minimum absolute atomic E-state index is 0.0436. The number of hydrogen-bond acceptors (Lipinski definition) is 1. The molecule has 3 aromatic carbocycles. The zero-order valence-electron chi connectivity index (χ0n) is 15.5. The first-order valence-electron chi connectivity index (χ1n) is 8.90. The summed E-state index contributed by atoms with van der Waals surface area (Å²) < 4.78 is 0. The van der Waals surface area contributed by atoms with Gasteiger partial charge in [-0.1, -0.05) is 65.7 Å². The van der Waals surface area contributed by atoms with Gasteiger partial charge in [0.2, 0.25) is 5.96 Å². The summed E-state index contributed by atoms with van der Waals surface area (Å²) in [5.41, 5.74) is 5.67. The number of aliphatic imine (C=N–C) groups is 1. The number of rotatable bonds is 4. The average Bonchev–Trinajstić information content (AvgIpc) is 2.66. The van der Waals surface area contributed by atoms with Crippen molar-refractivity contribution < 1.29 is 0 Å². The van der Waals surface area contributed by atoms with E-state index in [1.807, 2.05) is 18.2 Å². The van der Waals surface area contributed by atoms with Crippen LogP contribution in [0.3, 0.4) is 0 Å². The number of aryl methyl sites for hydroxylation is 2. The van der Waals surface area contributed by atoms with Crippen molar-refractivity contribution >= 4 is 17.3 Å². The molecule has 2 N–H and O–H groups in total. The van der Waals surface area contributed by atoms with Gasteiger partial charge < -0.3 is 10.6 Å². The van der Waals surface area contributed by atoms with Crippen molar-refractivity contribution in [2.75, 3.05) is 10.6 Å². The maximum atomic E-state index is 4.88. The van der Waals surface area contributed by atoms with Crippen LogP contribution in [0, 0.1) is 13.8 Å². The molecule has 0 radical (unpaired) electrons. The zero-order chi connectivity index (χ0) is 18.4. The Labute approximate surface area is 155 Å². The Balaban J connectivity index is 1.85. The van der Waals surface area contributed by atoms with E-state index < -0.39 is 0 Å². The molecule has 0 heterocycles. The van der Waals surface area contributed by atoms with Gasteiger partial charge in [-0.3, -0.25) is 0 Å². The van der Waals surface area contributed by atoms with Crippen molar-refractivity contribution in [1.82, 2.24) is 0 Å². The summed E-state index contributed by atoms with van der Waals surface area (Å²) in [7, 11) is 0. The van der Waals surface area contributed by atoms with Gasteiger partial charge in [0.25, 0.3) is 0 Å². The van der Waals surface area contributed by atoms with E-state index in [2.05, 4.69) is 92.1 Å². The minimum Gasteiger partial charge on any atom is -0.326 e. The van der Waals surface area contributed by atoms with Crippen molar-refractivity contribution in [1.29, 1.82) is 0 Å². The first-order valence-corrected chi connectivity index (χ1v) is 8.90. The molecule has 0 saturated heterocycles. The Kier molecular flexibility index (Phi) is 5.69. The van der Waals surface area contributed by atoms with Crippen LogP contribution in [-0.2, 0) is 0 Å². The van der Waals surface area contributed by atoms with Crippen molar-refractivity contribution in [2.24, 2.45) is 4.99 Å². The quantitative estimate of drug-likeness (QED) is 0.454. The second kappa shape index (κ2) is 8.34. The molecule has 0 spiro atoms. The molecule has 0 unspecified atom stereocenters. The molecule has 26 heavy (non-hydrogen) atoms. The highest BCUT2D eigenvalue weighted by Crippen LogP contribution is 2.18. The lowest BCUT2D eigenvalue weighted by atomic mass is 10.1. The summed E-state index contributed by atoms with van der Waals surface area (Å²) in [6.07, 6.45) is 0. The maximum absolute atomic E-state index is 4.88. The van der Waals surface area contributed by atoms with Crippen LogP contribution in [0.1, 0.15) is 29.7 Å². The van der Waals surface area contributed by atoms with Crippen LogP contribution in [0.15, 0.2) is 83.9 Å². The van der Waals surface area contributed by atoms with E-state index in [-0.39, 0.29) is 6.04 Å². The van der Waals surface area contributed by atoms with Crippen LogP contribution in [0.5, 0.6) is 0 Å². The fourth-order valence-corrected chi connectivity index (χ4v) is 2.64. The normalized spacial score (nSPS) is 11.5. The van der Waals surface area contributed by atoms with Gasteiger partial charge in [-0.05, 0) is 50.6 Å². The van der Waals surface area contributed by atoms with Gasteiger partial charge in [-0.2, -0.15) is 0 Å². The zero-order valence-corrected chi connectivity index (χ0v) is 15.5. The summed E-state index contributed by atoms with van der Waals surface area (Å²) in [5, 5.41) is 6.82. The monoisotopic (exact) mass is 343 g/mol. The van der Waals surface area contributed by atoms with Gasteiger partial charge in [0.15, 0.2) is 0 Å². The molecule has 3 nitrogen and oxygen atoms in total. The molecule has 0 aliphatic rings. The highest BCUT2D eigenvalue weighted by atomic mass is 15.2. The number of hydrogen-bond donors (Lipinski definition) is 2. The summed E-state index contributed by atoms with van der Waals surface area (Å²) in [4.78, 5) is 4.88. The highest BCUT2D eigenvalue weighted by Gasteiger charge is 2.07. The lowest BCUT2D eigenvalue weighted by molar-refractivity contribution is 0.819. The third-order valence-corrected chi connectivity index (χ3v) is 4.23. The predicted molar refractivity (Wildman–Crippen MR) is 112 cm³/mol. The average molecular weight is 343 g/mol. The van der Waals surface area contributed by atoms with E-state index in [1.165, 1.54) is 16.7 Å². The molecule has 3 rings (SSSR count). The summed E-state index contributed by atoms with van der Waals surface area (Å²) in [6.45, 7) is 6.27. The fourth-order valence-electron chi connectivity index (χ4n) is 2.64. The molecule has 132 valence electrons. The molecule has 0 aliphatic carbocycles. The standard InChI is InChI=1S/C23H25N3/c1-17-9-13-21(14-10-17)25-23(26-22-15-11-18(2)12-16-22)24-19(3)20-7-5-4-6-8-20/h4-16,19H,1-3H3,(H2,24,25,26)/t19-/m1/s1. The van der Waals surface area contributed by atoms with E-state index in [0.717, 1.165) is 17.3 Å². The van der Waals surface area contributed by atoms with E-state index in [4.69, 9.17) is 4.99 Å². The third-order valence-electron chi connectivity index (χ3n) is 4.23. The van der Waals surface area contributed by atoms with Crippen LogP contribution >= 0.6 is 0 Å². The molecule has 3 aromatic rings. The second-order valence-electron chi connectivity index (χ2n) is 6.55. The smallest absolute Gasteiger partial charge is 0.200 e. The molecule has 0 bridgehead atoms. The number of nitrogens with zero attached hydrogens (tertiary/aromatic N) is 1. The second-order valence-corrected chi connectivity index (χ2v) is 6.55. The number of guanidine groups is 1. The van der Waals surface area contributed by atoms with Crippen LogP contribution in [-0.4, -0.2) is 5.96 Å². The van der Waals surface area contributed by atoms with Crippen molar-refractivity contribution in [3.05, 3.63) is 95.6 Å². The minimum atomic E-state index is 0.0436. The SMILES string of the molecule is Cc1ccc(NC(=N[C@H](C)c2ccccc2)Nc2ccc(C)cc2)cc1. The van der Waals surface area contributed by atoms with Gasteiger partial charge in [-0.15, -0.1) is 0 Å². The van der Waals surface area contributed by atoms with E-state index in [1.54, 1.807) is 0 Å². The Morgan fingerprint density at radius 2 is 1.15 bits per heavy atom. The van der Waals surface area contributed by atoms with Crippen molar-refractivity contribution in [3.63, 3.8) is 0 Å². The largest absolute Gasteiger partial charge is 0.326 e. The Bertz CT molecular complexity index is 801. The third kappa shape index (κ3) is 4.96.